The van der Waals surface area contributed by atoms with E-state index in [0.717, 1.165) is 29.9 Å². The molecule has 0 saturated heterocycles. The van der Waals surface area contributed by atoms with Gasteiger partial charge < -0.3 is 5.32 Å². The zero-order valence-corrected chi connectivity index (χ0v) is 13.4. The number of rotatable bonds is 6. The van der Waals surface area contributed by atoms with Gasteiger partial charge in [0.15, 0.2) is 0 Å². The van der Waals surface area contributed by atoms with Crippen molar-refractivity contribution in [2.45, 2.75) is 39.3 Å². The van der Waals surface area contributed by atoms with Crippen molar-refractivity contribution in [3.8, 4) is 0 Å². The molecule has 0 spiro atoms. The van der Waals surface area contributed by atoms with E-state index >= 15 is 0 Å². The first-order valence-electron chi connectivity index (χ1n) is 7.26. The highest BCUT2D eigenvalue weighted by Gasteiger charge is 2.17. The summed E-state index contributed by atoms with van der Waals surface area (Å²) in [6, 6.07) is 7.19. The molecule has 2 aromatic rings. The van der Waals surface area contributed by atoms with Crippen molar-refractivity contribution in [2.24, 2.45) is 0 Å². The molecule has 21 heavy (non-hydrogen) atoms. The molecule has 2 rings (SSSR count). The van der Waals surface area contributed by atoms with Crippen molar-refractivity contribution in [1.82, 2.24) is 15.1 Å². The second-order valence-corrected chi connectivity index (χ2v) is 5.43. The molecule has 0 saturated carbocycles. The van der Waals surface area contributed by atoms with Gasteiger partial charge in [0.2, 0.25) is 0 Å². The Hall–Kier alpha value is -1.39. The van der Waals surface area contributed by atoms with Crippen LogP contribution in [0.2, 0.25) is 5.02 Å². The van der Waals surface area contributed by atoms with Crippen molar-refractivity contribution in [3.63, 3.8) is 0 Å². The van der Waals surface area contributed by atoms with Crippen molar-refractivity contribution < 1.29 is 4.39 Å². The maximum absolute atomic E-state index is 13.6. The summed E-state index contributed by atoms with van der Waals surface area (Å²) in [7, 11) is 1.91. The van der Waals surface area contributed by atoms with Crippen LogP contribution in [0.1, 0.15) is 36.8 Å². The van der Waals surface area contributed by atoms with E-state index in [9.17, 15) is 4.39 Å². The zero-order valence-electron chi connectivity index (χ0n) is 12.7. The summed E-state index contributed by atoms with van der Waals surface area (Å²) in [6.45, 7) is 4.99. The van der Waals surface area contributed by atoms with Gasteiger partial charge in [-0.05, 0) is 50.6 Å². The molecule has 0 radical (unpaired) electrons. The van der Waals surface area contributed by atoms with Crippen LogP contribution in [0, 0.1) is 5.82 Å². The fourth-order valence-corrected chi connectivity index (χ4v) is 2.57. The van der Waals surface area contributed by atoms with Crippen molar-refractivity contribution in [3.05, 3.63) is 52.1 Å². The summed E-state index contributed by atoms with van der Waals surface area (Å²) in [5, 5.41) is 8.03. The Morgan fingerprint density at radius 1 is 1.33 bits per heavy atom. The molecule has 1 atom stereocenters. The van der Waals surface area contributed by atoms with Crippen LogP contribution in [0.15, 0.2) is 24.3 Å². The Balaban J connectivity index is 2.26. The fraction of sp³-hybridized carbons (Fsp3) is 0.438. The van der Waals surface area contributed by atoms with Gasteiger partial charge in [-0.15, -0.1) is 0 Å². The number of aromatic nitrogens is 2. The van der Waals surface area contributed by atoms with Crippen LogP contribution >= 0.6 is 11.6 Å². The Morgan fingerprint density at radius 3 is 2.67 bits per heavy atom. The summed E-state index contributed by atoms with van der Waals surface area (Å²) in [6.07, 6.45) is 1.60. The van der Waals surface area contributed by atoms with Gasteiger partial charge in [0, 0.05) is 6.54 Å². The number of likely N-dealkylation sites (N-methyl/N-ethyl adjacent to an activating group) is 1. The lowest BCUT2D eigenvalue weighted by molar-refractivity contribution is 0.511. The Bertz CT molecular complexity index is 610. The van der Waals surface area contributed by atoms with E-state index in [2.05, 4.69) is 30.3 Å². The maximum atomic E-state index is 13.6. The van der Waals surface area contributed by atoms with E-state index in [1.54, 1.807) is 6.07 Å². The monoisotopic (exact) mass is 309 g/mol. The SMILES string of the molecule is CCc1cc(C(Cc2ccc(Cl)c(F)c2)NC)n(CC)n1. The zero-order chi connectivity index (χ0) is 15.4. The molecule has 1 unspecified atom stereocenters. The highest BCUT2D eigenvalue weighted by molar-refractivity contribution is 6.30. The number of nitrogens with one attached hydrogen (secondary N) is 1. The Kier molecular flexibility index (Phi) is 5.37. The largest absolute Gasteiger partial charge is 0.311 e. The molecule has 114 valence electrons. The summed E-state index contributed by atoms with van der Waals surface area (Å²) in [4.78, 5) is 0. The molecule has 1 aromatic heterocycles. The van der Waals surface area contributed by atoms with Crippen LogP contribution in [-0.4, -0.2) is 16.8 Å². The van der Waals surface area contributed by atoms with Gasteiger partial charge >= 0.3 is 0 Å². The second kappa shape index (κ2) is 7.05. The minimum absolute atomic E-state index is 0.0957. The van der Waals surface area contributed by atoms with E-state index in [4.69, 9.17) is 11.6 Å². The molecule has 3 nitrogen and oxygen atoms in total. The summed E-state index contributed by atoms with van der Waals surface area (Å²) >= 11 is 5.73. The first-order valence-corrected chi connectivity index (χ1v) is 7.64. The topological polar surface area (TPSA) is 29.9 Å². The van der Waals surface area contributed by atoms with E-state index in [0.29, 0.717) is 6.42 Å². The average Bonchev–Trinajstić information content (AvgIpc) is 2.91. The van der Waals surface area contributed by atoms with Crippen LogP contribution in [0.5, 0.6) is 0 Å². The molecule has 1 heterocycles. The summed E-state index contributed by atoms with van der Waals surface area (Å²) < 4.78 is 15.6. The number of aryl methyl sites for hydroxylation is 2. The minimum atomic E-state index is -0.373. The molecule has 0 aliphatic carbocycles. The number of nitrogens with zero attached hydrogens (tertiary/aromatic N) is 2. The smallest absolute Gasteiger partial charge is 0.142 e. The lowest BCUT2D eigenvalue weighted by Gasteiger charge is -2.17. The van der Waals surface area contributed by atoms with E-state index < -0.39 is 0 Å². The standard InChI is InChI=1S/C16H21ClFN3/c1-4-12-10-16(21(5-2)20-12)15(19-3)9-11-6-7-13(17)14(18)8-11/h6-8,10,15,19H,4-5,9H2,1-3H3. The van der Waals surface area contributed by atoms with Crippen LogP contribution in [0.3, 0.4) is 0 Å². The Labute approximate surface area is 130 Å². The molecule has 0 aliphatic rings. The predicted molar refractivity (Wildman–Crippen MR) is 84.2 cm³/mol. The molecule has 5 heteroatoms. The van der Waals surface area contributed by atoms with Crippen LogP contribution < -0.4 is 5.32 Å². The first kappa shape index (κ1) is 16.0. The van der Waals surface area contributed by atoms with E-state index in [1.807, 2.05) is 17.8 Å². The molecule has 0 amide bonds. The lowest BCUT2D eigenvalue weighted by atomic mass is 10.0. The molecule has 0 fully saturated rings. The predicted octanol–water partition coefficient (Wildman–Crippen LogP) is 3.76. The Morgan fingerprint density at radius 2 is 2.10 bits per heavy atom. The van der Waals surface area contributed by atoms with E-state index in [1.165, 1.54) is 6.07 Å². The summed E-state index contributed by atoms with van der Waals surface area (Å²) in [5.74, 6) is -0.373. The number of hydrogen-bond acceptors (Lipinski definition) is 2. The third-order valence-electron chi connectivity index (χ3n) is 3.65. The summed E-state index contributed by atoms with van der Waals surface area (Å²) in [5.41, 5.74) is 3.12. The average molecular weight is 310 g/mol. The van der Waals surface area contributed by atoms with Gasteiger partial charge in [0.1, 0.15) is 5.82 Å². The third kappa shape index (κ3) is 3.63. The van der Waals surface area contributed by atoms with Gasteiger partial charge in [-0.25, -0.2) is 4.39 Å². The minimum Gasteiger partial charge on any atom is -0.311 e. The highest BCUT2D eigenvalue weighted by Crippen LogP contribution is 2.22. The number of benzene rings is 1. The van der Waals surface area contributed by atoms with Crippen molar-refractivity contribution >= 4 is 11.6 Å². The van der Waals surface area contributed by atoms with Gasteiger partial charge in [-0.3, -0.25) is 4.68 Å². The van der Waals surface area contributed by atoms with Gasteiger partial charge in [0.25, 0.3) is 0 Å². The van der Waals surface area contributed by atoms with Crippen molar-refractivity contribution in [2.75, 3.05) is 7.05 Å². The third-order valence-corrected chi connectivity index (χ3v) is 3.96. The molecule has 1 N–H and O–H groups in total. The number of halogens is 2. The van der Waals surface area contributed by atoms with Crippen LogP contribution in [0.25, 0.3) is 0 Å². The second-order valence-electron chi connectivity index (χ2n) is 5.02. The van der Waals surface area contributed by atoms with Crippen LogP contribution in [0.4, 0.5) is 4.39 Å². The quantitative estimate of drug-likeness (QED) is 0.880. The van der Waals surface area contributed by atoms with Gasteiger partial charge in [-0.1, -0.05) is 24.6 Å². The van der Waals surface area contributed by atoms with Crippen molar-refractivity contribution in [1.29, 1.82) is 0 Å². The lowest BCUT2D eigenvalue weighted by Crippen LogP contribution is -2.22. The molecule has 0 bridgehead atoms. The maximum Gasteiger partial charge on any atom is 0.142 e. The number of hydrogen-bond donors (Lipinski definition) is 1. The highest BCUT2D eigenvalue weighted by atomic mass is 35.5. The first-order chi connectivity index (χ1) is 10.1. The molecule has 0 aliphatic heterocycles. The molecular weight excluding hydrogens is 289 g/mol. The van der Waals surface area contributed by atoms with Gasteiger partial charge in [0.05, 0.1) is 22.5 Å². The fourth-order valence-electron chi connectivity index (χ4n) is 2.45. The molecule has 1 aromatic carbocycles. The van der Waals surface area contributed by atoms with Crippen LogP contribution in [-0.2, 0) is 19.4 Å². The van der Waals surface area contributed by atoms with Gasteiger partial charge in [-0.2, -0.15) is 5.10 Å². The van der Waals surface area contributed by atoms with E-state index in [-0.39, 0.29) is 16.9 Å². The normalized spacial score (nSPS) is 12.6. The molecular formula is C16H21ClFN3.